The lowest BCUT2D eigenvalue weighted by Gasteiger charge is -2.22. The summed E-state index contributed by atoms with van der Waals surface area (Å²) in [6.45, 7) is 1.31. The van der Waals surface area contributed by atoms with E-state index in [9.17, 15) is 14.7 Å². The van der Waals surface area contributed by atoms with Gasteiger partial charge in [-0.2, -0.15) is 0 Å². The average Bonchev–Trinajstić information content (AvgIpc) is 3.05. The van der Waals surface area contributed by atoms with Gasteiger partial charge in [0.15, 0.2) is 0 Å². The minimum atomic E-state index is -0.996. The summed E-state index contributed by atoms with van der Waals surface area (Å²) < 4.78 is 10.3. The van der Waals surface area contributed by atoms with Gasteiger partial charge in [0.05, 0.1) is 25.5 Å². The van der Waals surface area contributed by atoms with Gasteiger partial charge >= 0.3 is 12.0 Å². The van der Waals surface area contributed by atoms with E-state index >= 15 is 0 Å². The molecule has 2 aliphatic rings. The van der Waals surface area contributed by atoms with E-state index in [2.05, 4.69) is 15.3 Å². The number of hydrogen-bond acceptors (Lipinski definition) is 6. The van der Waals surface area contributed by atoms with Crippen LogP contribution in [0.25, 0.3) is 0 Å². The highest BCUT2D eigenvalue weighted by Crippen LogP contribution is 2.41. The number of methoxy groups -OCH3 is 1. The minimum absolute atomic E-state index is 0.134. The van der Waals surface area contributed by atoms with Crippen LogP contribution in [0.2, 0.25) is 0 Å². The number of aromatic nitrogens is 2. The second-order valence-corrected chi connectivity index (χ2v) is 5.81. The number of hydrogen-bond donors (Lipinski definition) is 2. The molecule has 1 aromatic heterocycles. The molecule has 1 aromatic rings. The summed E-state index contributed by atoms with van der Waals surface area (Å²) in [6.07, 6.45) is 1.34. The number of fused-ring (bicyclic) bond motifs is 1. The highest BCUT2D eigenvalue weighted by molar-refractivity contribution is 5.89. The minimum Gasteiger partial charge on any atom is -0.481 e. The third kappa shape index (κ3) is 2.84. The Bertz CT molecular complexity index is 625. The summed E-state index contributed by atoms with van der Waals surface area (Å²) in [5.74, 6) is -0.741. The molecule has 124 valence electrons. The van der Waals surface area contributed by atoms with E-state index in [1.165, 1.54) is 11.2 Å². The van der Waals surface area contributed by atoms with E-state index in [1.807, 2.05) is 0 Å². The third-order valence-corrected chi connectivity index (χ3v) is 4.34. The summed E-state index contributed by atoms with van der Waals surface area (Å²) >= 11 is 0. The fourth-order valence-electron chi connectivity index (χ4n) is 3.07. The summed E-state index contributed by atoms with van der Waals surface area (Å²) in [5, 5.41) is 12.2. The number of anilines is 1. The Morgan fingerprint density at radius 1 is 1.57 bits per heavy atom. The molecule has 0 bridgehead atoms. The Labute approximate surface area is 132 Å². The Kier molecular flexibility index (Phi) is 4.14. The molecule has 2 amide bonds. The molecule has 9 nitrogen and oxygen atoms in total. The standard InChI is InChI=1S/C14H18N4O5/c1-22-5-10-2-11(16-8-15-10)17-13(21)18-3-9-4-23-7-14(9,6-18)12(19)20/h2,8-9H,3-7H2,1H3,(H,19,20)(H,15,16,17,21)/t9-,14-/m1/s1. The van der Waals surface area contributed by atoms with Crippen LogP contribution in [0.4, 0.5) is 10.6 Å². The number of likely N-dealkylation sites (tertiary alicyclic amines) is 1. The van der Waals surface area contributed by atoms with Gasteiger partial charge in [-0.25, -0.2) is 14.8 Å². The number of nitrogens with one attached hydrogen (secondary N) is 1. The molecule has 0 spiro atoms. The van der Waals surface area contributed by atoms with Crippen molar-refractivity contribution in [3.63, 3.8) is 0 Å². The van der Waals surface area contributed by atoms with Crippen molar-refractivity contribution in [2.24, 2.45) is 11.3 Å². The highest BCUT2D eigenvalue weighted by Gasteiger charge is 2.57. The summed E-state index contributed by atoms with van der Waals surface area (Å²) in [6, 6.07) is 1.25. The van der Waals surface area contributed by atoms with Crippen LogP contribution in [0.15, 0.2) is 12.4 Å². The number of urea groups is 1. The van der Waals surface area contributed by atoms with Crippen molar-refractivity contribution >= 4 is 17.8 Å². The van der Waals surface area contributed by atoms with Crippen LogP contribution in [0.1, 0.15) is 5.69 Å². The quantitative estimate of drug-likeness (QED) is 0.813. The van der Waals surface area contributed by atoms with Gasteiger partial charge in [-0.05, 0) is 0 Å². The largest absolute Gasteiger partial charge is 0.481 e. The number of carboxylic acids is 1. The van der Waals surface area contributed by atoms with Gasteiger partial charge in [0.25, 0.3) is 0 Å². The molecule has 2 atom stereocenters. The zero-order valence-corrected chi connectivity index (χ0v) is 12.7. The van der Waals surface area contributed by atoms with Crippen molar-refractivity contribution in [1.29, 1.82) is 0 Å². The van der Waals surface area contributed by atoms with E-state index in [-0.39, 0.29) is 25.1 Å². The Morgan fingerprint density at radius 3 is 3.09 bits per heavy atom. The summed E-state index contributed by atoms with van der Waals surface area (Å²) in [7, 11) is 1.55. The zero-order valence-electron chi connectivity index (χ0n) is 12.7. The Hall–Kier alpha value is -2.26. The summed E-state index contributed by atoms with van der Waals surface area (Å²) in [4.78, 5) is 33.5. The topological polar surface area (TPSA) is 114 Å². The van der Waals surface area contributed by atoms with Gasteiger partial charge < -0.3 is 19.5 Å². The molecule has 0 aliphatic carbocycles. The Balaban J connectivity index is 1.68. The molecule has 23 heavy (non-hydrogen) atoms. The first-order valence-corrected chi connectivity index (χ1v) is 7.22. The molecular formula is C14H18N4O5. The predicted octanol–water partition coefficient (Wildman–Crippen LogP) is 0.188. The van der Waals surface area contributed by atoms with E-state index in [1.54, 1.807) is 13.2 Å². The maximum Gasteiger partial charge on any atom is 0.323 e. The number of carbonyl (C=O) groups excluding carboxylic acids is 1. The fourth-order valence-corrected chi connectivity index (χ4v) is 3.07. The first-order valence-electron chi connectivity index (χ1n) is 7.22. The lowest BCUT2D eigenvalue weighted by atomic mass is 9.81. The van der Waals surface area contributed by atoms with Gasteiger partial charge in [-0.1, -0.05) is 0 Å². The van der Waals surface area contributed by atoms with E-state index in [0.717, 1.165) is 0 Å². The second-order valence-electron chi connectivity index (χ2n) is 5.81. The molecule has 0 saturated carbocycles. The first kappa shape index (κ1) is 15.6. The van der Waals surface area contributed by atoms with Crippen LogP contribution < -0.4 is 5.32 Å². The number of nitrogens with zero attached hydrogens (tertiary/aromatic N) is 3. The molecular weight excluding hydrogens is 304 g/mol. The molecule has 2 aliphatic heterocycles. The SMILES string of the molecule is COCc1cc(NC(=O)N2C[C@@H]3COC[C@]3(C(=O)O)C2)ncn1. The first-order chi connectivity index (χ1) is 11.0. The number of ether oxygens (including phenoxy) is 2. The van der Waals surface area contributed by atoms with Crippen molar-refractivity contribution in [3.8, 4) is 0 Å². The lowest BCUT2D eigenvalue weighted by molar-refractivity contribution is -0.149. The molecule has 3 rings (SSSR count). The van der Waals surface area contributed by atoms with Gasteiger partial charge in [0, 0.05) is 32.2 Å². The predicted molar refractivity (Wildman–Crippen MR) is 77.7 cm³/mol. The molecule has 3 heterocycles. The summed E-state index contributed by atoms with van der Waals surface area (Å²) in [5.41, 5.74) is -0.351. The van der Waals surface area contributed by atoms with Crippen LogP contribution in [0, 0.1) is 11.3 Å². The second kappa shape index (κ2) is 6.09. The van der Waals surface area contributed by atoms with Crippen LogP contribution in [0.5, 0.6) is 0 Å². The molecule has 2 fully saturated rings. The van der Waals surface area contributed by atoms with Gasteiger partial charge in [0.1, 0.15) is 17.6 Å². The third-order valence-electron chi connectivity index (χ3n) is 4.34. The van der Waals surface area contributed by atoms with Crippen LogP contribution in [-0.2, 0) is 20.9 Å². The molecule has 2 saturated heterocycles. The van der Waals surface area contributed by atoms with Crippen molar-refractivity contribution in [2.75, 3.05) is 38.7 Å². The number of rotatable bonds is 4. The molecule has 0 unspecified atom stereocenters. The Morgan fingerprint density at radius 2 is 2.39 bits per heavy atom. The van der Waals surface area contributed by atoms with E-state index in [4.69, 9.17) is 9.47 Å². The molecule has 0 aromatic carbocycles. The molecule has 2 N–H and O–H groups in total. The highest BCUT2D eigenvalue weighted by atomic mass is 16.5. The van der Waals surface area contributed by atoms with Crippen LogP contribution in [-0.4, -0.2) is 65.4 Å². The number of aliphatic carboxylic acids is 1. The molecule has 9 heteroatoms. The number of carboxylic acid groups (broad SMARTS) is 1. The maximum absolute atomic E-state index is 12.4. The van der Waals surface area contributed by atoms with E-state index in [0.29, 0.717) is 31.3 Å². The zero-order chi connectivity index (χ0) is 16.4. The smallest absolute Gasteiger partial charge is 0.323 e. The molecule has 0 radical (unpaired) electrons. The average molecular weight is 322 g/mol. The monoisotopic (exact) mass is 322 g/mol. The number of amides is 2. The van der Waals surface area contributed by atoms with Crippen molar-refractivity contribution in [1.82, 2.24) is 14.9 Å². The van der Waals surface area contributed by atoms with Crippen molar-refractivity contribution in [2.45, 2.75) is 6.61 Å². The van der Waals surface area contributed by atoms with E-state index < -0.39 is 11.4 Å². The van der Waals surface area contributed by atoms with Gasteiger partial charge in [-0.15, -0.1) is 0 Å². The fraction of sp³-hybridized carbons (Fsp3) is 0.571. The van der Waals surface area contributed by atoms with Gasteiger partial charge in [0.2, 0.25) is 0 Å². The lowest BCUT2D eigenvalue weighted by Crippen LogP contribution is -2.41. The van der Waals surface area contributed by atoms with Crippen molar-refractivity contribution in [3.05, 3.63) is 18.1 Å². The maximum atomic E-state index is 12.4. The number of carbonyl (C=O) groups is 2. The van der Waals surface area contributed by atoms with Crippen LogP contribution >= 0.6 is 0 Å². The van der Waals surface area contributed by atoms with Gasteiger partial charge in [-0.3, -0.25) is 10.1 Å². The van der Waals surface area contributed by atoms with Crippen molar-refractivity contribution < 1.29 is 24.2 Å². The van der Waals surface area contributed by atoms with Crippen LogP contribution in [0.3, 0.4) is 0 Å². The normalized spacial score (nSPS) is 26.1.